The predicted octanol–water partition coefficient (Wildman–Crippen LogP) is 1.67. The van der Waals surface area contributed by atoms with Crippen LogP contribution in [0.4, 0.5) is 0 Å². The predicted molar refractivity (Wildman–Crippen MR) is 55.7 cm³/mol. The molecule has 3 atom stereocenters. The normalized spacial score (nSPS) is 49.3. The van der Waals surface area contributed by atoms with Crippen molar-refractivity contribution in [1.82, 2.24) is 0 Å². The summed E-state index contributed by atoms with van der Waals surface area (Å²) in [5.41, 5.74) is 5.65. The van der Waals surface area contributed by atoms with Gasteiger partial charge in [-0.1, -0.05) is 12.8 Å². The Bertz CT molecular complexity index is 243. The van der Waals surface area contributed by atoms with E-state index in [1.807, 2.05) is 0 Å². The highest BCUT2D eigenvalue weighted by molar-refractivity contribution is 5.15. The van der Waals surface area contributed by atoms with Gasteiger partial charge < -0.3 is 10.8 Å². The maximum absolute atomic E-state index is 10.9. The minimum absolute atomic E-state index is 0.118. The molecule has 3 fully saturated rings. The average Bonchev–Trinajstić information content (AvgIpc) is 2.83. The first-order valence-corrected chi connectivity index (χ1v) is 6.14. The highest BCUT2D eigenvalue weighted by Crippen LogP contribution is 2.64. The van der Waals surface area contributed by atoms with Crippen LogP contribution in [0.1, 0.15) is 44.9 Å². The molecule has 0 bridgehead atoms. The molecule has 0 spiro atoms. The van der Waals surface area contributed by atoms with Gasteiger partial charge in [-0.05, 0) is 43.9 Å². The van der Waals surface area contributed by atoms with E-state index in [4.69, 9.17) is 5.73 Å². The number of hydrogen-bond donors (Lipinski definition) is 2. The van der Waals surface area contributed by atoms with E-state index in [-0.39, 0.29) is 11.0 Å². The quantitative estimate of drug-likeness (QED) is 0.704. The van der Waals surface area contributed by atoms with E-state index in [1.54, 1.807) is 0 Å². The van der Waals surface area contributed by atoms with E-state index >= 15 is 0 Å². The molecule has 0 aliphatic heterocycles. The van der Waals surface area contributed by atoms with Crippen molar-refractivity contribution < 1.29 is 5.11 Å². The Morgan fingerprint density at radius 3 is 2.57 bits per heavy atom. The zero-order valence-corrected chi connectivity index (χ0v) is 8.84. The van der Waals surface area contributed by atoms with E-state index in [0.717, 1.165) is 12.3 Å². The van der Waals surface area contributed by atoms with Crippen LogP contribution in [0.5, 0.6) is 0 Å². The lowest BCUT2D eigenvalue weighted by Crippen LogP contribution is -2.59. The summed E-state index contributed by atoms with van der Waals surface area (Å²) in [6.45, 7) is 0.701. The van der Waals surface area contributed by atoms with Gasteiger partial charge in [-0.3, -0.25) is 0 Å². The topological polar surface area (TPSA) is 46.2 Å². The summed E-state index contributed by atoms with van der Waals surface area (Å²) in [5, 5.41) is 10.9. The Balaban J connectivity index is 1.87. The minimum atomic E-state index is -0.372. The molecule has 3 unspecified atom stereocenters. The molecule has 3 saturated carbocycles. The molecule has 0 aromatic heterocycles. The van der Waals surface area contributed by atoms with Gasteiger partial charge in [-0.15, -0.1) is 0 Å². The molecular formula is C12H21NO. The van der Waals surface area contributed by atoms with E-state index in [1.165, 1.54) is 38.5 Å². The summed E-state index contributed by atoms with van der Waals surface area (Å²) in [7, 11) is 0. The van der Waals surface area contributed by atoms with Crippen LogP contribution in [0, 0.1) is 17.3 Å². The molecule has 0 saturated heterocycles. The fourth-order valence-corrected chi connectivity index (χ4v) is 4.05. The van der Waals surface area contributed by atoms with E-state index in [2.05, 4.69) is 0 Å². The van der Waals surface area contributed by atoms with Gasteiger partial charge >= 0.3 is 0 Å². The van der Waals surface area contributed by atoms with Gasteiger partial charge in [0.25, 0.3) is 0 Å². The minimum Gasteiger partial charge on any atom is -0.389 e. The van der Waals surface area contributed by atoms with Gasteiger partial charge in [0.2, 0.25) is 0 Å². The van der Waals surface area contributed by atoms with Gasteiger partial charge in [-0.2, -0.15) is 0 Å². The Labute approximate surface area is 85.9 Å². The Morgan fingerprint density at radius 1 is 1.21 bits per heavy atom. The van der Waals surface area contributed by atoms with Crippen LogP contribution >= 0.6 is 0 Å². The molecule has 2 heteroatoms. The Hall–Kier alpha value is -0.0800. The molecule has 0 aromatic carbocycles. The summed E-state index contributed by atoms with van der Waals surface area (Å²) in [4.78, 5) is 0. The molecule has 3 rings (SSSR count). The number of rotatable bonds is 2. The average molecular weight is 195 g/mol. The van der Waals surface area contributed by atoms with E-state index < -0.39 is 0 Å². The van der Waals surface area contributed by atoms with Crippen molar-refractivity contribution in [1.29, 1.82) is 0 Å². The van der Waals surface area contributed by atoms with Crippen molar-refractivity contribution in [2.45, 2.75) is 50.5 Å². The van der Waals surface area contributed by atoms with Crippen LogP contribution in [-0.4, -0.2) is 17.3 Å². The van der Waals surface area contributed by atoms with Crippen LogP contribution < -0.4 is 5.73 Å². The monoisotopic (exact) mass is 195 g/mol. The first kappa shape index (κ1) is 9.17. The van der Waals surface area contributed by atoms with Crippen LogP contribution in [0.15, 0.2) is 0 Å². The molecule has 0 radical (unpaired) electrons. The van der Waals surface area contributed by atoms with Gasteiger partial charge in [0.05, 0.1) is 5.60 Å². The Kier molecular flexibility index (Phi) is 1.79. The smallest absolute Gasteiger partial charge is 0.0746 e. The van der Waals surface area contributed by atoms with E-state index in [9.17, 15) is 5.11 Å². The maximum atomic E-state index is 10.9. The van der Waals surface area contributed by atoms with Gasteiger partial charge in [0.1, 0.15) is 0 Å². The van der Waals surface area contributed by atoms with Crippen LogP contribution in [0.2, 0.25) is 0 Å². The highest BCUT2D eigenvalue weighted by atomic mass is 16.3. The van der Waals surface area contributed by atoms with Crippen LogP contribution in [0.3, 0.4) is 0 Å². The number of nitrogens with two attached hydrogens (primary N) is 1. The highest BCUT2D eigenvalue weighted by Gasteiger charge is 2.64. The second kappa shape index (κ2) is 2.73. The zero-order chi connectivity index (χ0) is 9.81. The van der Waals surface area contributed by atoms with Crippen LogP contribution in [0.25, 0.3) is 0 Å². The third-order valence-electron chi connectivity index (χ3n) is 5.29. The van der Waals surface area contributed by atoms with Crippen molar-refractivity contribution in [2.24, 2.45) is 23.0 Å². The molecule has 14 heavy (non-hydrogen) atoms. The molecule has 3 aliphatic carbocycles. The zero-order valence-electron chi connectivity index (χ0n) is 8.84. The summed E-state index contributed by atoms with van der Waals surface area (Å²) in [5.74, 6) is 1.46. The molecule has 0 aromatic rings. The first-order valence-electron chi connectivity index (χ1n) is 6.14. The fourth-order valence-electron chi connectivity index (χ4n) is 4.05. The molecule has 3 aliphatic rings. The van der Waals surface area contributed by atoms with E-state index in [0.29, 0.717) is 12.5 Å². The molecule has 3 N–H and O–H groups in total. The van der Waals surface area contributed by atoms with Crippen molar-refractivity contribution in [3.05, 3.63) is 0 Å². The largest absolute Gasteiger partial charge is 0.389 e. The number of aliphatic hydroxyl groups is 1. The number of fused-ring (bicyclic) bond motifs is 1. The molecular weight excluding hydrogens is 174 g/mol. The SMILES string of the molecule is NCC1(C2(O)CCCC3CC32)CCC1. The van der Waals surface area contributed by atoms with Crippen molar-refractivity contribution in [2.75, 3.05) is 6.54 Å². The van der Waals surface area contributed by atoms with Gasteiger partial charge in [0.15, 0.2) is 0 Å². The maximum Gasteiger partial charge on any atom is 0.0746 e. The summed E-state index contributed by atoms with van der Waals surface area (Å²) < 4.78 is 0. The fraction of sp³-hybridized carbons (Fsp3) is 1.00. The third-order valence-corrected chi connectivity index (χ3v) is 5.29. The van der Waals surface area contributed by atoms with Crippen molar-refractivity contribution in [3.8, 4) is 0 Å². The Morgan fingerprint density at radius 2 is 2.00 bits per heavy atom. The lowest BCUT2D eigenvalue weighted by atomic mass is 9.54. The second-order valence-electron chi connectivity index (χ2n) is 5.76. The standard InChI is InChI=1S/C12H21NO/c13-8-11(4-2-5-11)12(14)6-1-3-9-7-10(9)12/h9-10,14H,1-8,13H2. The van der Waals surface area contributed by atoms with Crippen molar-refractivity contribution >= 4 is 0 Å². The molecule has 2 nitrogen and oxygen atoms in total. The lowest BCUT2D eigenvalue weighted by Gasteiger charge is -2.54. The first-order chi connectivity index (χ1) is 6.72. The lowest BCUT2D eigenvalue weighted by molar-refractivity contribution is -0.153. The summed E-state index contributed by atoms with van der Waals surface area (Å²) in [6.07, 6.45) is 8.49. The molecule has 0 heterocycles. The van der Waals surface area contributed by atoms with Gasteiger partial charge in [-0.25, -0.2) is 0 Å². The molecule has 0 amide bonds. The van der Waals surface area contributed by atoms with Gasteiger partial charge in [0, 0.05) is 12.0 Å². The molecule has 80 valence electrons. The van der Waals surface area contributed by atoms with Crippen LogP contribution in [-0.2, 0) is 0 Å². The summed E-state index contributed by atoms with van der Waals surface area (Å²) >= 11 is 0. The third kappa shape index (κ3) is 0.938. The second-order valence-corrected chi connectivity index (χ2v) is 5.76. The summed E-state index contributed by atoms with van der Waals surface area (Å²) in [6, 6.07) is 0. The van der Waals surface area contributed by atoms with Crippen molar-refractivity contribution in [3.63, 3.8) is 0 Å². The number of hydrogen-bond acceptors (Lipinski definition) is 2.